The highest BCUT2D eigenvalue weighted by Gasteiger charge is 2.17. The fourth-order valence-corrected chi connectivity index (χ4v) is 5.35. The number of rotatable bonds is 5. The maximum atomic E-state index is 12.2. The summed E-state index contributed by atoms with van der Waals surface area (Å²) in [5, 5.41) is 5.16. The van der Waals surface area contributed by atoms with E-state index >= 15 is 0 Å². The first-order valence-electron chi connectivity index (χ1n) is 8.68. The largest absolute Gasteiger partial charge is 0.355 e. The van der Waals surface area contributed by atoms with Gasteiger partial charge in [0.05, 0.1) is 5.75 Å². The van der Waals surface area contributed by atoms with E-state index in [1.807, 2.05) is 6.92 Å². The van der Waals surface area contributed by atoms with Crippen molar-refractivity contribution >= 4 is 39.2 Å². The molecule has 4 nitrogen and oxygen atoms in total. The van der Waals surface area contributed by atoms with Crippen LogP contribution in [0.15, 0.2) is 5.03 Å². The Morgan fingerprint density at radius 2 is 1.96 bits per heavy atom. The molecule has 130 valence electrons. The average Bonchev–Trinajstić information content (AvgIpc) is 2.86. The third-order valence-corrected chi connectivity index (χ3v) is 6.84. The molecule has 1 fully saturated rings. The average molecular weight is 364 g/mol. The van der Waals surface area contributed by atoms with Gasteiger partial charge in [0.25, 0.3) is 0 Å². The summed E-state index contributed by atoms with van der Waals surface area (Å²) < 4.78 is 0. The summed E-state index contributed by atoms with van der Waals surface area (Å²) in [4.78, 5) is 23.6. The molecule has 3 rings (SSSR count). The van der Waals surface area contributed by atoms with Crippen LogP contribution < -0.4 is 5.32 Å². The number of hydrogen-bond acceptors (Lipinski definition) is 5. The van der Waals surface area contributed by atoms with Crippen LogP contribution in [-0.2, 0) is 4.79 Å². The van der Waals surface area contributed by atoms with Crippen LogP contribution >= 0.6 is 23.1 Å². The monoisotopic (exact) mass is 363 g/mol. The van der Waals surface area contributed by atoms with E-state index in [2.05, 4.69) is 29.1 Å². The van der Waals surface area contributed by atoms with E-state index < -0.39 is 0 Å². The smallest absolute Gasteiger partial charge is 0.230 e. The first-order valence-corrected chi connectivity index (χ1v) is 10.5. The number of thioether (sulfide) groups is 1. The predicted molar refractivity (Wildman–Crippen MR) is 102 cm³/mol. The fourth-order valence-electron chi connectivity index (χ4n) is 3.25. The topological polar surface area (TPSA) is 54.9 Å². The molecule has 1 amide bonds. The van der Waals surface area contributed by atoms with E-state index in [9.17, 15) is 4.79 Å². The fraction of sp³-hybridized carbons (Fsp3) is 0.611. The van der Waals surface area contributed by atoms with Crippen molar-refractivity contribution in [3.8, 4) is 0 Å². The van der Waals surface area contributed by atoms with Crippen LogP contribution in [0.4, 0.5) is 0 Å². The number of thiophene rings is 1. The van der Waals surface area contributed by atoms with Crippen molar-refractivity contribution in [3.05, 3.63) is 16.3 Å². The second kappa shape index (κ2) is 7.83. The molecule has 2 aromatic rings. The zero-order valence-corrected chi connectivity index (χ0v) is 16.3. The van der Waals surface area contributed by atoms with E-state index in [1.54, 1.807) is 11.3 Å². The molecule has 1 aliphatic rings. The van der Waals surface area contributed by atoms with Crippen molar-refractivity contribution in [1.82, 2.24) is 15.3 Å². The Kier molecular flexibility index (Phi) is 5.76. The molecule has 0 spiro atoms. The van der Waals surface area contributed by atoms with Gasteiger partial charge in [-0.25, -0.2) is 9.97 Å². The van der Waals surface area contributed by atoms with Gasteiger partial charge >= 0.3 is 0 Å². The number of nitrogens with zero attached hydrogens (tertiary/aromatic N) is 2. The van der Waals surface area contributed by atoms with E-state index in [-0.39, 0.29) is 5.91 Å². The van der Waals surface area contributed by atoms with Crippen molar-refractivity contribution < 1.29 is 4.79 Å². The molecule has 0 saturated heterocycles. The molecule has 1 aliphatic carbocycles. The molecular weight excluding hydrogens is 338 g/mol. The standard InChI is InChI=1S/C18H25N3OS2/c1-11-12(2)24-18-16(11)17(20-13(3)21-18)23-10-15(22)19-9-14-7-5-4-6-8-14/h14H,4-10H2,1-3H3,(H,19,22). The van der Waals surface area contributed by atoms with Gasteiger partial charge in [0.15, 0.2) is 0 Å². The van der Waals surface area contributed by atoms with Gasteiger partial charge in [0.2, 0.25) is 5.91 Å². The van der Waals surface area contributed by atoms with Crippen LogP contribution in [0.1, 0.15) is 48.4 Å². The van der Waals surface area contributed by atoms with Gasteiger partial charge in [0, 0.05) is 16.8 Å². The minimum atomic E-state index is 0.111. The van der Waals surface area contributed by atoms with Crippen LogP contribution in [0.5, 0.6) is 0 Å². The quantitative estimate of drug-likeness (QED) is 0.632. The molecule has 6 heteroatoms. The summed E-state index contributed by atoms with van der Waals surface area (Å²) in [6.07, 6.45) is 6.48. The molecule has 2 aromatic heterocycles. The Hall–Kier alpha value is -1.14. The molecule has 0 bridgehead atoms. The Bertz CT molecular complexity index is 735. The molecule has 0 aliphatic heterocycles. The van der Waals surface area contributed by atoms with Crippen molar-refractivity contribution in [2.24, 2.45) is 5.92 Å². The van der Waals surface area contributed by atoms with Gasteiger partial charge < -0.3 is 5.32 Å². The first kappa shape index (κ1) is 17.7. The zero-order chi connectivity index (χ0) is 17.1. The summed E-state index contributed by atoms with van der Waals surface area (Å²) in [5.74, 6) is 1.98. The lowest BCUT2D eigenvalue weighted by Crippen LogP contribution is -2.31. The summed E-state index contributed by atoms with van der Waals surface area (Å²) in [6, 6.07) is 0. The van der Waals surface area contributed by atoms with E-state index in [4.69, 9.17) is 0 Å². The maximum absolute atomic E-state index is 12.2. The molecule has 24 heavy (non-hydrogen) atoms. The minimum Gasteiger partial charge on any atom is -0.355 e. The molecule has 0 unspecified atom stereocenters. The second-order valence-corrected chi connectivity index (χ2v) is 8.80. The Labute approximate surface area is 151 Å². The van der Waals surface area contributed by atoms with Crippen molar-refractivity contribution in [3.63, 3.8) is 0 Å². The van der Waals surface area contributed by atoms with Crippen LogP contribution in [0.2, 0.25) is 0 Å². The van der Waals surface area contributed by atoms with Crippen molar-refractivity contribution in [2.75, 3.05) is 12.3 Å². The highest BCUT2D eigenvalue weighted by atomic mass is 32.2. The lowest BCUT2D eigenvalue weighted by molar-refractivity contribution is -0.118. The van der Waals surface area contributed by atoms with Crippen molar-refractivity contribution in [1.29, 1.82) is 0 Å². The van der Waals surface area contributed by atoms with E-state index in [0.717, 1.165) is 27.6 Å². The Balaban J connectivity index is 1.61. The number of aryl methyl sites for hydroxylation is 3. The number of aromatic nitrogens is 2. The van der Waals surface area contributed by atoms with Gasteiger partial charge in [0.1, 0.15) is 15.7 Å². The summed E-state index contributed by atoms with van der Waals surface area (Å²) in [6.45, 7) is 6.97. The third kappa shape index (κ3) is 4.09. The lowest BCUT2D eigenvalue weighted by atomic mass is 9.89. The number of carbonyl (C=O) groups excluding carboxylic acids is 1. The maximum Gasteiger partial charge on any atom is 0.230 e. The number of nitrogens with one attached hydrogen (secondary N) is 1. The summed E-state index contributed by atoms with van der Waals surface area (Å²) in [7, 11) is 0. The minimum absolute atomic E-state index is 0.111. The molecule has 1 saturated carbocycles. The number of carbonyl (C=O) groups is 1. The molecule has 0 radical (unpaired) electrons. The first-order chi connectivity index (χ1) is 11.5. The van der Waals surface area contributed by atoms with E-state index in [1.165, 1.54) is 54.3 Å². The van der Waals surface area contributed by atoms with Crippen LogP contribution in [0.25, 0.3) is 10.2 Å². The van der Waals surface area contributed by atoms with Crippen LogP contribution in [-0.4, -0.2) is 28.2 Å². The highest BCUT2D eigenvalue weighted by Crippen LogP contribution is 2.35. The summed E-state index contributed by atoms with van der Waals surface area (Å²) in [5.41, 5.74) is 1.24. The Morgan fingerprint density at radius 3 is 2.71 bits per heavy atom. The Morgan fingerprint density at radius 1 is 1.21 bits per heavy atom. The number of fused-ring (bicyclic) bond motifs is 1. The van der Waals surface area contributed by atoms with Crippen LogP contribution in [0.3, 0.4) is 0 Å². The molecule has 1 N–H and O–H groups in total. The number of amides is 1. The molecule has 0 aromatic carbocycles. The van der Waals surface area contributed by atoms with Gasteiger partial charge in [-0.05, 0) is 45.1 Å². The zero-order valence-electron chi connectivity index (χ0n) is 14.6. The van der Waals surface area contributed by atoms with Gasteiger partial charge in [-0.2, -0.15) is 0 Å². The normalized spacial score (nSPS) is 15.8. The molecular formula is C18H25N3OS2. The SMILES string of the molecule is Cc1nc(SCC(=O)NCC2CCCCC2)c2c(C)c(C)sc2n1. The van der Waals surface area contributed by atoms with Crippen molar-refractivity contribution in [2.45, 2.75) is 57.9 Å². The predicted octanol–water partition coefficient (Wildman–Crippen LogP) is 4.41. The number of hydrogen-bond donors (Lipinski definition) is 1. The van der Waals surface area contributed by atoms with Crippen LogP contribution in [0, 0.1) is 26.7 Å². The summed E-state index contributed by atoms with van der Waals surface area (Å²) >= 11 is 3.24. The highest BCUT2D eigenvalue weighted by molar-refractivity contribution is 8.00. The van der Waals surface area contributed by atoms with Gasteiger partial charge in [-0.3, -0.25) is 4.79 Å². The van der Waals surface area contributed by atoms with Gasteiger partial charge in [-0.15, -0.1) is 11.3 Å². The lowest BCUT2D eigenvalue weighted by Gasteiger charge is -2.21. The second-order valence-electron chi connectivity index (χ2n) is 6.64. The van der Waals surface area contributed by atoms with E-state index in [0.29, 0.717) is 11.7 Å². The molecule has 0 atom stereocenters. The van der Waals surface area contributed by atoms with Gasteiger partial charge in [-0.1, -0.05) is 31.0 Å². The molecule has 2 heterocycles. The third-order valence-electron chi connectivity index (χ3n) is 4.76.